The van der Waals surface area contributed by atoms with Gasteiger partial charge in [-0.25, -0.2) is 9.38 Å². The number of amidine groups is 1. The van der Waals surface area contributed by atoms with E-state index in [0.29, 0.717) is 28.1 Å². The molecule has 1 fully saturated rings. The molecule has 5 nitrogen and oxygen atoms in total. The number of amides is 2. The second-order valence-corrected chi connectivity index (χ2v) is 8.75. The normalized spacial score (nSPS) is 17.4. The molecule has 3 aromatic rings. The Balaban J connectivity index is 1.57. The Kier molecular flexibility index (Phi) is 6.87. The van der Waals surface area contributed by atoms with Crippen LogP contribution in [0.3, 0.4) is 0 Å². The van der Waals surface area contributed by atoms with Gasteiger partial charge in [-0.05, 0) is 54.1 Å². The zero-order chi connectivity index (χ0) is 22.5. The first-order valence-corrected chi connectivity index (χ1v) is 11.2. The maximum atomic E-state index is 13.1. The number of aliphatic imine (C=N–C) groups is 1. The van der Waals surface area contributed by atoms with E-state index in [2.05, 4.69) is 10.3 Å². The molecule has 0 radical (unpaired) electrons. The van der Waals surface area contributed by atoms with E-state index < -0.39 is 5.25 Å². The molecule has 4 rings (SSSR count). The van der Waals surface area contributed by atoms with Crippen LogP contribution >= 0.6 is 23.4 Å². The van der Waals surface area contributed by atoms with Crippen LogP contribution < -0.4 is 5.32 Å². The molecule has 32 heavy (non-hydrogen) atoms. The zero-order valence-electron chi connectivity index (χ0n) is 16.9. The molecule has 1 aliphatic rings. The number of anilines is 1. The summed E-state index contributed by atoms with van der Waals surface area (Å²) in [6.07, 6.45) is 0.0269. The second-order valence-electron chi connectivity index (χ2n) is 7.14. The highest BCUT2D eigenvalue weighted by molar-refractivity contribution is 8.15. The topological polar surface area (TPSA) is 61.8 Å². The van der Waals surface area contributed by atoms with Crippen molar-refractivity contribution in [2.45, 2.75) is 18.2 Å². The SMILES string of the molecule is O=C(Nc1ccc(F)cc1)[C@H]1CC(=O)N(Cc2ccc(Cl)cc2)C(=Nc2ccccc2)S1. The molecule has 2 amide bonds. The maximum absolute atomic E-state index is 13.1. The highest BCUT2D eigenvalue weighted by Crippen LogP contribution is 2.31. The zero-order valence-corrected chi connectivity index (χ0v) is 18.4. The van der Waals surface area contributed by atoms with Crippen molar-refractivity contribution in [3.8, 4) is 0 Å². The Hall–Kier alpha value is -3.16. The van der Waals surface area contributed by atoms with E-state index >= 15 is 0 Å². The van der Waals surface area contributed by atoms with Gasteiger partial charge in [-0.2, -0.15) is 0 Å². The van der Waals surface area contributed by atoms with E-state index in [9.17, 15) is 14.0 Å². The lowest BCUT2D eigenvalue weighted by Gasteiger charge is -2.32. The smallest absolute Gasteiger partial charge is 0.238 e. The van der Waals surface area contributed by atoms with Crippen LogP contribution in [0.2, 0.25) is 5.02 Å². The Morgan fingerprint density at radius 3 is 2.44 bits per heavy atom. The van der Waals surface area contributed by atoms with Crippen LogP contribution in [0.15, 0.2) is 83.9 Å². The van der Waals surface area contributed by atoms with Crippen molar-refractivity contribution >= 4 is 51.7 Å². The van der Waals surface area contributed by atoms with Gasteiger partial charge in [-0.15, -0.1) is 0 Å². The summed E-state index contributed by atoms with van der Waals surface area (Å²) in [7, 11) is 0. The van der Waals surface area contributed by atoms with Crippen molar-refractivity contribution in [3.63, 3.8) is 0 Å². The third-order valence-electron chi connectivity index (χ3n) is 4.78. The summed E-state index contributed by atoms with van der Waals surface area (Å²) in [6, 6.07) is 22.0. The molecular weight excluding hydrogens is 449 g/mol. The second kappa shape index (κ2) is 9.97. The van der Waals surface area contributed by atoms with E-state index in [1.807, 2.05) is 42.5 Å². The van der Waals surface area contributed by atoms with Crippen molar-refractivity contribution in [3.05, 3.63) is 95.3 Å². The molecule has 0 saturated carbocycles. The molecular formula is C24H19ClFN3O2S. The average Bonchev–Trinajstić information content (AvgIpc) is 2.79. The molecule has 162 valence electrons. The highest BCUT2D eigenvalue weighted by Gasteiger charge is 2.36. The number of para-hydroxylation sites is 1. The number of hydrogen-bond acceptors (Lipinski definition) is 4. The van der Waals surface area contributed by atoms with Gasteiger partial charge in [-0.1, -0.05) is 53.7 Å². The van der Waals surface area contributed by atoms with Crippen molar-refractivity contribution in [2.75, 3.05) is 5.32 Å². The summed E-state index contributed by atoms with van der Waals surface area (Å²) < 4.78 is 13.1. The number of halogens is 2. The van der Waals surface area contributed by atoms with E-state index in [1.54, 1.807) is 17.0 Å². The summed E-state index contributed by atoms with van der Waals surface area (Å²) in [4.78, 5) is 32.1. The number of hydrogen-bond donors (Lipinski definition) is 1. The number of carbonyl (C=O) groups excluding carboxylic acids is 2. The molecule has 0 spiro atoms. The minimum Gasteiger partial charge on any atom is -0.325 e. The quantitative estimate of drug-likeness (QED) is 0.528. The summed E-state index contributed by atoms with van der Waals surface area (Å²) in [5.74, 6) is -0.921. The van der Waals surface area contributed by atoms with Gasteiger partial charge in [0, 0.05) is 17.1 Å². The first-order valence-electron chi connectivity index (χ1n) is 9.89. The molecule has 1 aliphatic heterocycles. The number of benzene rings is 3. The summed E-state index contributed by atoms with van der Waals surface area (Å²) in [5, 5.41) is 3.15. The molecule has 1 saturated heterocycles. The first kappa shape index (κ1) is 22.0. The largest absolute Gasteiger partial charge is 0.325 e. The molecule has 0 bridgehead atoms. The van der Waals surface area contributed by atoms with Gasteiger partial charge in [0.2, 0.25) is 11.8 Å². The number of thioether (sulfide) groups is 1. The van der Waals surface area contributed by atoms with Crippen molar-refractivity contribution in [2.24, 2.45) is 4.99 Å². The Labute approximate surface area is 194 Å². The number of carbonyl (C=O) groups is 2. The number of rotatable bonds is 5. The highest BCUT2D eigenvalue weighted by atomic mass is 35.5. The lowest BCUT2D eigenvalue weighted by molar-refractivity contribution is -0.129. The Morgan fingerprint density at radius 1 is 1.06 bits per heavy atom. The first-order chi connectivity index (χ1) is 15.5. The monoisotopic (exact) mass is 467 g/mol. The van der Waals surface area contributed by atoms with Crippen LogP contribution in [0.1, 0.15) is 12.0 Å². The summed E-state index contributed by atoms with van der Waals surface area (Å²) in [6.45, 7) is 0.320. The summed E-state index contributed by atoms with van der Waals surface area (Å²) >= 11 is 7.21. The van der Waals surface area contributed by atoms with E-state index in [0.717, 1.165) is 5.56 Å². The van der Waals surface area contributed by atoms with Crippen LogP contribution in [0.25, 0.3) is 0 Å². The molecule has 0 unspecified atom stereocenters. The molecule has 3 aromatic carbocycles. The third-order valence-corrected chi connectivity index (χ3v) is 6.22. The van der Waals surface area contributed by atoms with Crippen molar-refractivity contribution in [1.82, 2.24) is 4.90 Å². The van der Waals surface area contributed by atoms with E-state index in [4.69, 9.17) is 11.6 Å². The van der Waals surface area contributed by atoms with Crippen LogP contribution in [-0.4, -0.2) is 27.1 Å². The van der Waals surface area contributed by atoms with Gasteiger partial charge in [-0.3, -0.25) is 14.5 Å². The van der Waals surface area contributed by atoms with Gasteiger partial charge < -0.3 is 5.32 Å². The van der Waals surface area contributed by atoms with Gasteiger partial charge in [0.15, 0.2) is 5.17 Å². The lowest BCUT2D eigenvalue weighted by Crippen LogP contribution is -2.44. The van der Waals surface area contributed by atoms with Gasteiger partial charge >= 0.3 is 0 Å². The van der Waals surface area contributed by atoms with Gasteiger partial charge in [0.05, 0.1) is 12.2 Å². The Morgan fingerprint density at radius 2 is 1.75 bits per heavy atom. The minimum atomic E-state index is -0.656. The van der Waals surface area contributed by atoms with Gasteiger partial charge in [0.25, 0.3) is 0 Å². The number of nitrogens with zero attached hydrogens (tertiary/aromatic N) is 2. The minimum absolute atomic E-state index is 0.0269. The van der Waals surface area contributed by atoms with E-state index in [1.165, 1.54) is 36.0 Å². The third kappa shape index (κ3) is 5.55. The fraction of sp³-hybridized carbons (Fsp3) is 0.125. The van der Waals surface area contributed by atoms with Gasteiger partial charge in [0.1, 0.15) is 11.1 Å². The predicted molar refractivity (Wildman–Crippen MR) is 127 cm³/mol. The fourth-order valence-electron chi connectivity index (χ4n) is 3.14. The molecule has 1 atom stereocenters. The molecule has 1 N–H and O–H groups in total. The lowest BCUT2D eigenvalue weighted by atomic mass is 10.2. The predicted octanol–water partition coefficient (Wildman–Crippen LogP) is 5.64. The Bertz CT molecular complexity index is 1140. The number of nitrogens with one attached hydrogen (secondary N) is 1. The fourth-order valence-corrected chi connectivity index (χ4v) is 4.36. The molecule has 0 aliphatic carbocycles. The van der Waals surface area contributed by atoms with Crippen molar-refractivity contribution < 1.29 is 14.0 Å². The average molecular weight is 468 g/mol. The standard InChI is InChI=1S/C24H19ClFN3O2S/c25-17-8-6-16(7-9-17)15-29-22(30)14-21(23(31)27-20-12-10-18(26)11-13-20)32-24(29)28-19-4-2-1-3-5-19/h1-13,21H,14-15H2,(H,27,31)/t21-/m1/s1. The molecule has 0 aromatic heterocycles. The summed E-state index contributed by atoms with van der Waals surface area (Å²) in [5.41, 5.74) is 2.05. The van der Waals surface area contributed by atoms with Crippen LogP contribution in [0.5, 0.6) is 0 Å². The molecule has 1 heterocycles. The van der Waals surface area contributed by atoms with E-state index in [-0.39, 0.29) is 24.1 Å². The maximum Gasteiger partial charge on any atom is 0.238 e. The van der Waals surface area contributed by atoms with Crippen LogP contribution in [0.4, 0.5) is 15.8 Å². The van der Waals surface area contributed by atoms with Crippen LogP contribution in [0, 0.1) is 5.82 Å². The van der Waals surface area contributed by atoms with Crippen LogP contribution in [-0.2, 0) is 16.1 Å². The van der Waals surface area contributed by atoms with Crippen molar-refractivity contribution in [1.29, 1.82) is 0 Å². The molecule has 8 heteroatoms.